The van der Waals surface area contributed by atoms with E-state index in [9.17, 15) is 0 Å². The molecule has 0 fully saturated rings. The van der Waals surface area contributed by atoms with E-state index in [0.717, 1.165) is 11.4 Å². The van der Waals surface area contributed by atoms with E-state index in [4.69, 9.17) is 0 Å². The van der Waals surface area contributed by atoms with Crippen LogP contribution in [-0.2, 0) is 7.05 Å². The molecule has 2 heteroatoms. The molecular weight excluding hydrogens is 136 g/mol. The van der Waals surface area contributed by atoms with Crippen molar-refractivity contribution in [3.63, 3.8) is 0 Å². The number of rotatable bonds is 2. The number of imidazole rings is 1. The molecule has 1 aromatic rings. The Kier molecular flexibility index (Phi) is 2.26. The minimum atomic E-state index is 0.936. The Morgan fingerprint density at radius 1 is 1.64 bits per heavy atom. The Bertz CT molecular complexity index is 282. The lowest BCUT2D eigenvalue weighted by atomic mass is 10.3. The number of nitrogens with zero attached hydrogens (tertiary/aromatic N) is 2. The van der Waals surface area contributed by atoms with Gasteiger partial charge >= 0.3 is 0 Å². The van der Waals surface area contributed by atoms with Crippen LogP contribution in [0.3, 0.4) is 0 Å². The fraction of sp³-hybridized carbons (Fsp3) is 0.222. The summed E-state index contributed by atoms with van der Waals surface area (Å²) in [7, 11) is 1.97. The van der Waals surface area contributed by atoms with E-state index in [2.05, 4.69) is 11.6 Å². The van der Waals surface area contributed by atoms with Gasteiger partial charge in [0.25, 0.3) is 0 Å². The molecule has 2 nitrogen and oxygen atoms in total. The molecule has 1 rings (SSSR count). The molecule has 1 heterocycles. The molecule has 58 valence electrons. The molecule has 0 aliphatic carbocycles. The lowest BCUT2D eigenvalue weighted by molar-refractivity contribution is 0.902. The van der Waals surface area contributed by atoms with Crippen molar-refractivity contribution in [3.8, 4) is 0 Å². The van der Waals surface area contributed by atoms with E-state index in [-0.39, 0.29) is 0 Å². The lowest BCUT2D eigenvalue weighted by Gasteiger charge is -1.94. The molecule has 0 bridgehead atoms. The highest BCUT2D eigenvalue weighted by molar-refractivity contribution is 5.58. The third kappa shape index (κ3) is 1.40. The second-order valence-corrected chi connectivity index (χ2v) is 2.33. The highest BCUT2D eigenvalue weighted by atomic mass is 15.0. The molecule has 0 radical (unpaired) electrons. The Balaban J connectivity index is 3.17. The van der Waals surface area contributed by atoms with Crippen LogP contribution in [0, 0.1) is 0 Å². The van der Waals surface area contributed by atoms with Crippen molar-refractivity contribution >= 4 is 12.2 Å². The fourth-order valence-corrected chi connectivity index (χ4v) is 0.976. The summed E-state index contributed by atoms with van der Waals surface area (Å²) in [6.07, 6.45) is 7.55. The second kappa shape index (κ2) is 3.19. The summed E-state index contributed by atoms with van der Waals surface area (Å²) in [4.78, 5) is 4.15. The largest absolute Gasteiger partial charge is 0.334 e. The maximum atomic E-state index is 4.15. The number of hydrogen-bond donors (Lipinski definition) is 0. The monoisotopic (exact) mass is 148 g/mol. The van der Waals surface area contributed by atoms with E-state index in [0.29, 0.717) is 0 Å². The number of aromatic nitrogens is 2. The minimum Gasteiger partial charge on any atom is -0.334 e. The van der Waals surface area contributed by atoms with Crippen molar-refractivity contribution in [2.24, 2.45) is 7.05 Å². The van der Waals surface area contributed by atoms with Crippen LogP contribution in [-0.4, -0.2) is 9.55 Å². The quantitative estimate of drug-likeness (QED) is 0.628. The molecule has 0 amide bonds. The first-order valence-electron chi connectivity index (χ1n) is 3.56. The topological polar surface area (TPSA) is 17.8 Å². The first kappa shape index (κ1) is 7.79. The van der Waals surface area contributed by atoms with E-state index >= 15 is 0 Å². The number of aryl methyl sites for hydroxylation is 1. The lowest BCUT2D eigenvalue weighted by Crippen LogP contribution is -1.88. The van der Waals surface area contributed by atoms with Crippen LogP contribution in [0.1, 0.15) is 18.3 Å². The summed E-state index contributed by atoms with van der Waals surface area (Å²) in [5.41, 5.74) is 2.04. The smallest absolute Gasteiger partial charge is 0.0955 e. The Hall–Kier alpha value is -1.31. The van der Waals surface area contributed by atoms with Gasteiger partial charge in [-0.2, -0.15) is 0 Å². The molecule has 0 unspecified atom stereocenters. The predicted molar refractivity (Wildman–Crippen MR) is 48.0 cm³/mol. The molecule has 0 N–H and O–H groups in total. The van der Waals surface area contributed by atoms with Crippen molar-refractivity contribution in [1.29, 1.82) is 0 Å². The molecule has 0 aromatic carbocycles. The van der Waals surface area contributed by atoms with Crippen LogP contribution in [0.5, 0.6) is 0 Å². The molecular formula is C9H12N2. The van der Waals surface area contributed by atoms with Crippen LogP contribution in [0.2, 0.25) is 0 Å². The first-order chi connectivity index (χ1) is 5.29. The molecule has 0 spiro atoms. The van der Waals surface area contributed by atoms with Gasteiger partial charge in [0.15, 0.2) is 0 Å². The first-order valence-corrected chi connectivity index (χ1v) is 3.56. The van der Waals surface area contributed by atoms with Gasteiger partial charge in [-0.25, -0.2) is 4.98 Å². The summed E-state index contributed by atoms with van der Waals surface area (Å²) in [6.45, 7) is 5.66. The average molecular weight is 148 g/mol. The van der Waals surface area contributed by atoms with Gasteiger partial charge in [-0.1, -0.05) is 12.7 Å². The van der Waals surface area contributed by atoms with Gasteiger partial charge in [-0.05, 0) is 19.1 Å². The summed E-state index contributed by atoms with van der Waals surface area (Å²) < 4.78 is 1.97. The van der Waals surface area contributed by atoms with Gasteiger partial charge in [0.2, 0.25) is 0 Å². The molecule has 0 saturated carbocycles. The van der Waals surface area contributed by atoms with Crippen molar-refractivity contribution in [3.05, 3.63) is 30.4 Å². The van der Waals surface area contributed by atoms with Crippen molar-refractivity contribution < 1.29 is 0 Å². The van der Waals surface area contributed by atoms with Gasteiger partial charge in [0, 0.05) is 7.05 Å². The van der Waals surface area contributed by atoms with E-state index in [1.54, 1.807) is 12.4 Å². The summed E-state index contributed by atoms with van der Waals surface area (Å²) in [5, 5.41) is 0. The van der Waals surface area contributed by atoms with Gasteiger partial charge in [0.05, 0.1) is 17.7 Å². The second-order valence-electron chi connectivity index (χ2n) is 2.33. The average Bonchev–Trinajstić information content (AvgIpc) is 2.34. The van der Waals surface area contributed by atoms with Crippen molar-refractivity contribution in [1.82, 2.24) is 9.55 Å². The van der Waals surface area contributed by atoms with Crippen LogP contribution < -0.4 is 0 Å². The van der Waals surface area contributed by atoms with Crippen LogP contribution in [0.4, 0.5) is 0 Å². The van der Waals surface area contributed by atoms with E-state index < -0.39 is 0 Å². The van der Waals surface area contributed by atoms with Crippen LogP contribution in [0.15, 0.2) is 19.0 Å². The van der Waals surface area contributed by atoms with E-state index in [1.807, 2.05) is 30.7 Å². The summed E-state index contributed by atoms with van der Waals surface area (Å²) in [6, 6.07) is 0. The standard InChI is InChI=1S/C9H12N2/c1-4-6-9-8(5-2)10-7-11(9)3/h4-7H,2H2,1,3H3. The van der Waals surface area contributed by atoms with Gasteiger partial charge in [0.1, 0.15) is 0 Å². The maximum Gasteiger partial charge on any atom is 0.0955 e. The predicted octanol–water partition coefficient (Wildman–Crippen LogP) is 2.10. The summed E-state index contributed by atoms with van der Waals surface area (Å²) >= 11 is 0. The molecule has 1 aromatic heterocycles. The Morgan fingerprint density at radius 2 is 2.36 bits per heavy atom. The molecule has 0 aliphatic heterocycles. The van der Waals surface area contributed by atoms with E-state index in [1.165, 1.54) is 0 Å². The number of allylic oxidation sites excluding steroid dienone is 1. The zero-order chi connectivity index (χ0) is 8.27. The third-order valence-electron chi connectivity index (χ3n) is 1.53. The minimum absolute atomic E-state index is 0.936. The zero-order valence-corrected chi connectivity index (χ0v) is 6.91. The highest BCUT2D eigenvalue weighted by Crippen LogP contribution is 2.08. The normalized spacial score (nSPS) is 10.7. The third-order valence-corrected chi connectivity index (χ3v) is 1.53. The SMILES string of the molecule is C=Cc1ncn(C)c1C=CC. The molecule has 0 atom stereocenters. The van der Waals surface area contributed by atoms with Crippen molar-refractivity contribution in [2.45, 2.75) is 6.92 Å². The molecule has 0 aliphatic rings. The highest BCUT2D eigenvalue weighted by Gasteiger charge is 1.99. The maximum absolute atomic E-state index is 4.15. The molecule has 0 saturated heterocycles. The Morgan fingerprint density at radius 3 is 2.91 bits per heavy atom. The van der Waals surface area contributed by atoms with Crippen LogP contribution >= 0.6 is 0 Å². The molecule has 11 heavy (non-hydrogen) atoms. The van der Waals surface area contributed by atoms with Gasteiger partial charge in [-0.3, -0.25) is 0 Å². The van der Waals surface area contributed by atoms with Crippen molar-refractivity contribution in [2.75, 3.05) is 0 Å². The number of hydrogen-bond acceptors (Lipinski definition) is 1. The zero-order valence-electron chi connectivity index (χ0n) is 6.91. The Labute approximate surface area is 66.9 Å². The summed E-state index contributed by atoms with van der Waals surface area (Å²) in [5.74, 6) is 0. The van der Waals surface area contributed by atoms with Gasteiger partial charge < -0.3 is 4.57 Å². The fourth-order valence-electron chi connectivity index (χ4n) is 0.976. The van der Waals surface area contributed by atoms with Crippen LogP contribution in [0.25, 0.3) is 12.2 Å². The van der Waals surface area contributed by atoms with Gasteiger partial charge in [-0.15, -0.1) is 0 Å².